The number of carboxylic acid groups (broad SMARTS) is 1. The summed E-state index contributed by atoms with van der Waals surface area (Å²) in [5.41, 5.74) is 3.14. The molecule has 3 heterocycles. The summed E-state index contributed by atoms with van der Waals surface area (Å²) in [5.74, 6) is -0.534. The van der Waals surface area contributed by atoms with Gasteiger partial charge in [-0.05, 0) is 34.9 Å². The predicted molar refractivity (Wildman–Crippen MR) is 151 cm³/mol. The summed E-state index contributed by atoms with van der Waals surface area (Å²) >= 11 is 0. The van der Waals surface area contributed by atoms with E-state index in [1.165, 1.54) is 21.9 Å². The third-order valence-electron chi connectivity index (χ3n) is 7.22. The number of benzene rings is 3. The zero-order chi connectivity index (χ0) is 29.1. The number of hydrogen-bond donors (Lipinski definition) is 1. The fourth-order valence-electron chi connectivity index (χ4n) is 5.04. The van der Waals surface area contributed by atoms with Crippen LogP contribution in [0.1, 0.15) is 33.5 Å². The van der Waals surface area contributed by atoms with Crippen LogP contribution >= 0.6 is 0 Å². The Hall–Kier alpha value is -5.12. The molecule has 0 spiro atoms. The number of carbonyl (C=O) groups excluding carboxylic acids is 1. The van der Waals surface area contributed by atoms with E-state index in [-0.39, 0.29) is 36.9 Å². The van der Waals surface area contributed by atoms with Gasteiger partial charge >= 0.3 is 6.09 Å². The molecule has 9 nitrogen and oxygen atoms in total. The normalized spacial score (nSPS) is 15.9. The molecule has 0 saturated carbocycles. The highest BCUT2D eigenvalue weighted by atomic mass is 19.1. The van der Waals surface area contributed by atoms with E-state index in [1.807, 2.05) is 60.7 Å². The smallest absolute Gasteiger partial charge is 0.407 e. The second-order valence-corrected chi connectivity index (χ2v) is 10.1. The van der Waals surface area contributed by atoms with Gasteiger partial charge in [-0.1, -0.05) is 60.7 Å². The molecule has 0 aliphatic carbocycles. The van der Waals surface area contributed by atoms with Gasteiger partial charge < -0.3 is 24.2 Å². The lowest BCUT2D eigenvalue weighted by molar-refractivity contribution is 0.0994. The van der Waals surface area contributed by atoms with E-state index in [0.29, 0.717) is 36.7 Å². The maximum atomic E-state index is 15.0. The summed E-state index contributed by atoms with van der Waals surface area (Å²) in [5, 5.41) is 9.20. The number of halogens is 1. The maximum Gasteiger partial charge on any atom is 0.407 e. The first kappa shape index (κ1) is 27.1. The quantitative estimate of drug-likeness (QED) is 0.277. The lowest BCUT2D eigenvalue weighted by atomic mass is 10.1. The van der Waals surface area contributed by atoms with Crippen LogP contribution in [0.5, 0.6) is 17.5 Å². The van der Waals surface area contributed by atoms with Gasteiger partial charge in [0.1, 0.15) is 25.0 Å². The number of rotatable bonds is 9. The first-order valence-corrected chi connectivity index (χ1v) is 13.6. The molecule has 0 unspecified atom stereocenters. The molecular weight excluding hydrogens is 541 g/mol. The zero-order valence-corrected chi connectivity index (χ0v) is 22.6. The molecule has 1 saturated heterocycles. The van der Waals surface area contributed by atoms with Crippen molar-refractivity contribution in [2.45, 2.75) is 32.3 Å². The zero-order valence-electron chi connectivity index (χ0n) is 22.6. The summed E-state index contributed by atoms with van der Waals surface area (Å²) in [6, 6.07) is 25.4. The summed E-state index contributed by atoms with van der Waals surface area (Å²) in [4.78, 5) is 32.0. The molecule has 1 N–H and O–H groups in total. The Bertz CT molecular complexity index is 1600. The Balaban J connectivity index is 1.23. The fourth-order valence-corrected chi connectivity index (χ4v) is 5.04. The van der Waals surface area contributed by atoms with Gasteiger partial charge in [0.15, 0.2) is 11.6 Å². The summed E-state index contributed by atoms with van der Waals surface area (Å²) in [6.45, 7) is 1.17. The second kappa shape index (κ2) is 11.8. The van der Waals surface area contributed by atoms with Gasteiger partial charge in [0, 0.05) is 24.6 Å². The van der Waals surface area contributed by atoms with Crippen LogP contribution in [-0.4, -0.2) is 46.2 Å². The van der Waals surface area contributed by atoms with Crippen molar-refractivity contribution >= 4 is 17.7 Å². The van der Waals surface area contributed by atoms with E-state index in [0.717, 1.165) is 11.1 Å². The largest absolute Gasteiger partial charge is 0.485 e. The highest BCUT2D eigenvalue weighted by molar-refractivity contribution is 6.10. The Morgan fingerprint density at radius 2 is 1.64 bits per heavy atom. The minimum absolute atomic E-state index is 0.0102. The summed E-state index contributed by atoms with van der Waals surface area (Å²) in [6.07, 6.45) is -1.04. The Morgan fingerprint density at radius 1 is 0.952 bits per heavy atom. The van der Waals surface area contributed by atoms with Gasteiger partial charge in [-0.25, -0.2) is 9.18 Å². The molecule has 42 heavy (non-hydrogen) atoms. The summed E-state index contributed by atoms with van der Waals surface area (Å²) < 4.78 is 32.9. The van der Waals surface area contributed by atoms with E-state index < -0.39 is 23.9 Å². The first-order valence-electron chi connectivity index (χ1n) is 13.6. The number of carbonyl (C=O) groups is 2. The average molecular weight is 570 g/mol. The number of likely N-dealkylation sites (tertiary alicyclic amines) is 1. The lowest BCUT2D eigenvalue weighted by Crippen LogP contribution is -2.29. The molecule has 1 aromatic heterocycles. The van der Waals surface area contributed by atoms with Crippen LogP contribution in [0.15, 0.2) is 84.9 Å². The number of hydrogen-bond acceptors (Lipinski definition) is 6. The van der Waals surface area contributed by atoms with E-state index >= 15 is 4.39 Å². The molecule has 10 heteroatoms. The molecule has 1 fully saturated rings. The molecule has 2 amide bonds. The van der Waals surface area contributed by atoms with Gasteiger partial charge in [0.25, 0.3) is 5.91 Å². The minimum atomic E-state index is -1.04. The van der Waals surface area contributed by atoms with E-state index in [9.17, 15) is 14.7 Å². The van der Waals surface area contributed by atoms with E-state index in [1.54, 1.807) is 12.1 Å². The number of anilines is 1. The van der Waals surface area contributed by atoms with Crippen molar-refractivity contribution in [3.05, 3.63) is 113 Å². The maximum absolute atomic E-state index is 15.0. The first-order chi connectivity index (χ1) is 20.4. The number of fused-ring (bicyclic) bond motifs is 1. The Morgan fingerprint density at radius 3 is 2.31 bits per heavy atom. The van der Waals surface area contributed by atoms with Crippen molar-refractivity contribution in [1.29, 1.82) is 0 Å². The van der Waals surface area contributed by atoms with Crippen molar-refractivity contribution < 1.29 is 33.3 Å². The number of aromatic nitrogens is 1. The fraction of sp³-hybridized carbons (Fsp3) is 0.219. The number of pyridine rings is 1. The predicted octanol–water partition coefficient (Wildman–Crippen LogP) is 5.67. The molecule has 2 aliphatic heterocycles. The van der Waals surface area contributed by atoms with Crippen molar-refractivity contribution in [3.8, 4) is 17.5 Å². The second-order valence-electron chi connectivity index (χ2n) is 10.1. The number of amides is 2. The molecule has 0 radical (unpaired) electrons. The van der Waals surface area contributed by atoms with Crippen molar-refractivity contribution in [2.75, 3.05) is 18.0 Å². The van der Waals surface area contributed by atoms with Gasteiger partial charge in [0.2, 0.25) is 11.8 Å². The molecule has 2 aliphatic rings. The van der Waals surface area contributed by atoms with Crippen LogP contribution in [0.2, 0.25) is 0 Å². The third kappa shape index (κ3) is 5.83. The monoisotopic (exact) mass is 569 g/mol. The van der Waals surface area contributed by atoms with Gasteiger partial charge in [-0.3, -0.25) is 9.69 Å². The van der Waals surface area contributed by atoms with Crippen molar-refractivity contribution in [3.63, 3.8) is 0 Å². The SMILES string of the molecule is O=C(O)N1CC[C@H](Oc2cc3c(cc2F)C(=O)N(c2ccc(OCc4ccccc4)nc2OCc2ccccc2)C3)C1. The summed E-state index contributed by atoms with van der Waals surface area (Å²) in [7, 11) is 0. The van der Waals surface area contributed by atoms with Gasteiger partial charge in [-0.2, -0.15) is 4.98 Å². The minimum Gasteiger partial charge on any atom is -0.485 e. The molecular formula is C32H28FN3O6. The molecule has 3 aromatic carbocycles. The molecule has 1 atom stereocenters. The van der Waals surface area contributed by atoms with Crippen LogP contribution in [0.25, 0.3) is 0 Å². The Kier molecular flexibility index (Phi) is 7.59. The Labute approximate surface area is 241 Å². The van der Waals surface area contributed by atoms with Crippen LogP contribution in [0, 0.1) is 5.82 Å². The molecule has 214 valence electrons. The standard InChI is InChI=1S/C32H28FN3O6/c33-26-16-25-23(15-28(26)42-24-13-14-35(18-24)32(38)39)17-36(31(25)37)27-11-12-29(40-19-21-7-3-1-4-8-21)34-30(27)41-20-22-9-5-2-6-10-22/h1-12,15-16,24H,13-14,17-20H2,(H,38,39)/t24-/m0/s1. The van der Waals surface area contributed by atoms with Crippen LogP contribution < -0.4 is 19.1 Å². The number of nitrogens with zero attached hydrogens (tertiary/aromatic N) is 3. The van der Waals surface area contributed by atoms with Crippen LogP contribution in [-0.2, 0) is 19.8 Å². The van der Waals surface area contributed by atoms with E-state index in [4.69, 9.17) is 14.2 Å². The van der Waals surface area contributed by atoms with Crippen LogP contribution in [0.3, 0.4) is 0 Å². The van der Waals surface area contributed by atoms with Crippen LogP contribution in [0.4, 0.5) is 14.9 Å². The van der Waals surface area contributed by atoms with Gasteiger partial charge in [0.05, 0.1) is 13.1 Å². The third-order valence-corrected chi connectivity index (χ3v) is 7.22. The van der Waals surface area contributed by atoms with Crippen molar-refractivity contribution in [1.82, 2.24) is 9.88 Å². The average Bonchev–Trinajstić information content (AvgIpc) is 3.61. The van der Waals surface area contributed by atoms with E-state index in [2.05, 4.69) is 4.98 Å². The molecule has 0 bridgehead atoms. The number of ether oxygens (including phenoxy) is 3. The molecule has 4 aromatic rings. The highest BCUT2D eigenvalue weighted by Gasteiger charge is 2.34. The highest BCUT2D eigenvalue weighted by Crippen LogP contribution is 2.38. The molecule has 6 rings (SSSR count). The topological polar surface area (TPSA) is 101 Å². The van der Waals surface area contributed by atoms with Gasteiger partial charge in [-0.15, -0.1) is 0 Å². The van der Waals surface area contributed by atoms with Crippen molar-refractivity contribution in [2.24, 2.45) is 0 Å². The lowest BCUT2D eigenvalue weighted by Gasteiger charge is -2.20.